The number of morpholine rings is 1. The molecule has 0 amide bonds. The summed E-state index contributed by atoms with van der Waals surface area (Å²) in [5, 5.41) is 0. The molecule has 1 saturated heterocycles. The van der Waals surface area contributed by atoms with Crippen molar-refractivity contribution < 1.29 is 14.2 Å². The summed E-state index contributed by atoms with van der Waals surface area (Å²) in [5.41, 5.74) is 2.72. The highest BCUT2D eigenvalue weighted by Gasteiger charge is 2.31. The van der Waals surface area contributed by atoms with E-state index in [0.717, 1.165) is 37.6 Å². The van der Waals surface area contributed by atoms with Crippen LogP contribution >= 0.6 is 0 Å². The lowest BCUT2D eigenvalue weighted by molar-refractivity contribution is -0.0260. The van der Waals surface area contributed by atoms with E-state index in [0.29, 0.717) is 12.1 Å². The van der Waals surface area contributed by atoms with Gasteiger partial charge in [-0.15, -0.1) is 0 Å². The van der Waals surface area contributed by atoms with Gasteiger partial charge in [-0.1, -0.05) is 11.6 Å². The van der Waals surface area contributed by atoms with Crippen molar-refractivity contribution in [3.8, 4) is 11.5 Å². The largest absolute Gasteiger partial charge is 0.497 e. The molecule has 2 bridgehead atoms. The fraction of sp³-hybridized carbons (Fsp3) is 0.529. The average Bonchev–Trinajstić information content (AvgIpc) is 2.48. The quantitative estimate of drug-likeness (QED) is 0.796. The number of ether oxygens (including phenoxy) is 3. The molecule has 4 nitrogen and oxygen atoms in total. The Balaban J connectivity index is 1.80. The number of hydrogen-bond donors (Lipinski definition) is 0. The first-order chi connectivity index (χ1) is 10.2. The van der Waals surface area contributed by atoms with Crippen LogP contribution in [0.15, 0.2) is 29.8 Å². The first kappa shape index (κ1) is 14.4. The SMILES string of the molecule is COc1cc(CC2=CC3COCC(C2)N3C)cc(OC)c1. The second-order valence-electron chi connectivity index (χ2n) is 5.85. The number of benzene rings is 1. The third-order valence-electron chi connectivity index (χ3n) is 4.47. The molecule has 0 radical (unpaired) electrons. The normalized spacial score (nSPS) is 25.4. The topological polar surface area (TPSA) is 30.9 Å². The van der Waals surface area contributed by atoms with Gasteiger partial charge in [0.15, 0.2) is 0 Å². The maximum Gasteiger partial charge on any atom is 0.122 e. The zero-order valence-corrected chi connectivity index (χ0v) is 13.0. The third kappa shape index (κ3) is 3.06. The van der Waals surface area contributed by atoms with Crippen molar-refractivity contribution in [3.63, 3.8) is 0 Å². The molecule has 0 spiro atoms. The van der Waals surface area contributed by atoms with Crippen LogP contribution in [0.1, 0.15) is 12.0 Å². The van der Waals surface area contributed by atoms with Gasteiger partial charge in [0.25, 0.3) is 0 Å². The van der Waals surface area contributed by atoms with Crippen LogP contribution in [0.2, 0.25) is 0 Å². The molecule has 114 valence electrons. The molecular weight excluding hydrogens is 266 g/mol. The summed E-state index contributed by atoms with van der Waals surface area (Å²) >= 11 is 0. The number of hydrogen-bond acceptors (Lipinski definition) is 4. The summed E-state index contributed by atoms with van der Waals surface area (Å²) in [5.74, 6) is 1.70. The standard InChI is InChI=1S/C17H23NO3/c1-18-14-5-12(6-15(18)11-21-10-14)4-13-7-16(19-2)9-17(8-13)20-3/h5,7-9,14-15H,4,6,10-11H2,1-3H3. The maximum atomic E-state index is 5.65. The Hall–Kier alpha value is -1.52. The lowest BCUT2D eigenvalue weighted by atomic mass is 9.90. The van der Waals surface area contributed by atoms with Crippen LogP contribution in [0.4, 0.5) is 0 Å². The smallest absolute Gasteiger partial charge is 0.122 e. The van der Waals surface area contributed by atoms with Gasteiger partial charge in [-0.25, -0.2) is 0 Å². The first-order valence-corrected chi connectivity index (χ1v) is 7.41. The average molecular weight is 289 g/mol. The van der Waals surface area contributed by atoms with Crippen molar-refractivity contribution in [3.05, 3.63) is 35.4 Å². The predicted molar refractivity (Wildman–Crippen MR) is 82.1 cm³/mol. The van der Waals surface area contributed by atoms with Crippen LogP contribution in [-0.2, 0) is 11.2 Å². The lowest BCUT2D eigenvalue weighted by Crippen LogP contribution is -2.51. The monoisotopic (exact) mass is 289 g/mol. The Labute approximate surface area is 126 Å². The van der Waals surface area contributed by atoms with Crippen LogP contribution in [0.3, 0.4) is 0 Å². The summed E-state index contributed by atoms with van der Waals surface area (Å²) in [4.78, 5) is 2.43. The molecule has 2 aliphatic rings. The molecule has 1 aromatic carbocycles. The molecule has 0 aliphatic carbocycles. The summed E-state index contributed by atoms with van der Waals surface area (Å²) in [6.07, 6.45) is 4.39. The summed E-state index contributed by atoms with van der Waals surface area (Å²) in [6.45, 7) is 1.64. The minimum Gasteiger partial charge on any atom is -0.497 e. The van der Waals surface area contributed by atoms with E-state index in [1.54, 1.807) is 14.2 Å². The summed E-state index contributed by atoms with van der Waals surface area (Å²) in [7, 11) is 5.57. The minimum atomic E-state index is 0.417. The van der Waals surface area contributed by atoms with Gasteiger partial charge in [0.2, 0.25) is 0 Å². The van der Waals surface area contributed by atoms with Crippen LogP contribution in [0, 0.1) is 0 Å². The Morgan fingerprint density at radius 2 is 1.86 bits per heavy atom. The minimum absolute atomic E-state index is 0.417. The summed E-state index contributed by atoms with van der Waals surface area (Å²) < 4.78 is 16.4. The van der Waals surface area contributed by atoms with Crippen molar-refractivity contribution in [1.82, 2.24) is 4.90 Å². The van der Waals surface area contributed by atoms with E-state index in [9.17, 15) is 0 Å². The molecule has 2 atom stereocenters. The fourth-order valence-corrected chi connectivity index (χ4v) is 3.20. The van der Waals surface area contributed by atoms with Crippen molar-refractivity contribution >= 4 is 0 Å². The molecule has 1 fully saturated rings. The summed E-state index contributed by atoms with van der Waals surface area (Å²) in [6, 6.07) is 7.02. The van der Waals surface area contributed by atoms with Crippen LogP contribution in [0.25, 0.3) is 0 Å². The Morgan fingerprint density at radius 3 is 2.48 bits per heavy atom. The van der Waals surface area contributed by atoms with Gasteiger partial charge in [-0.05, 0) is 37.6 Å². The van der Waals surface area contributed by atoms with E-state index in [2.05, 4.69) is 30.2 Å². The van der Waals surface area contributed by atoms with Crippen molar-refractivity contribution in [2.24, 2.45) is 0 Å². The highest BCUT2D eigenvalue weighted by atomic mass is 16.5. The van der Waals surface area contributed by atoms with Gasteiger partial charge in [0.1, 0.15) is 11.5 Å². The van der Waals surface area contributed by atoms with E-state index >= 15 is 0 Å². The molecule has 3 rings (SSSR count). The van der Waals surface area contributed by atoms with Gasteiger partial charge in [0, 0.05) is 12.1 Å². The molecule has 0 aromatic heterocycles. The van der Waals surface area contributed by atoms with E-state index in [1.807, 2.05) is 6.07 Å². The fourth-order valence-electron chi connectivity index (χ4n) is 3.20. The van der Waals surface area contributed by atoms with Gasteiger partial charge in [-0.3, -0.25) is 4.90 Å². The maximum absolute atomic E-state index is 5.65. The highest BCUT2D eigenvalue weighted by Crippen LogP contribution is 2.30. The van der Waals surface area contributed by atoms with Crippen LogP contribution < -0.4 is 9.47 Å². The van der Waals surface area contributed by atoms with Gasteiger partial charge in [0.05, 0.1) is 33.5 Å². The highest BCUT2D eigenvalue weighted by molar-refractivity contribution is 5.40. The first-order valence-electron chi connectivity index (χ1n) is 7.41. The molecule has 1 aromatic rings. The number of likely N-dealkylation sites (N-methyl/N-ethyl adjacent to an activating group) is 1. The lowest BCUT2D eigenvalue weighted by Gasteiger charge is -2.42. The van der Waals surface area contributed by atoms with Gasteiger partial charge in [-0.2, -0.15) is 0 Å². The molecule has 4 heteroatoms. The second kappa shape index (κ2) is 6.08. The number of nitrogens with zero attached hydrogens (tertiary/aromatic N) is 1. The van der Waals surface area contributed by atoms with Crippen LogP contribution in [-0.4, -0.2) is 51.5 Å². The second-order valence-corrected chi connectivity index (χ2v) is 5.85. The molecular formula is C17H23NO3. The Bertz CT molecular complexity index is 519. The molecule has 2 heterocycles. The van der Waals surface area contributed by atoms with Crippen LogP contribution in [0.5, 0.6) is 11.5 Å². The van der Waals surface area contributed by atoms with E-state index < -0.39 is 0 Å². The van der Waals surface area contributed by atoms with Crippen molar-refractivity contribution in [1.29, 1.82) is 0 Å². The molecule has 2 unspecified atom stereocenters. The van der Waals surface area contributed by atoms with Crippen molar-refractivity contribution in [2.45, 2.75) is 24.9 Å². The molecule has 0 N–H and O–H groups in total. The number of fused-ring (bicyclic) bond motifs is 2. The van der Waals surface area contributed by atoms with E-state index in [-0.39, 0.29) is 0 Å². The number of rotatable bonds is 4. The third-order valence-corrected chi connectivity index (χ3v) is 4.47. The number of methoxy groups -OCH3 is 2. The molecule has 2 aliphatic heterocycles. The van der Waals surface area contributed by atoms with E-state index in [1.165, 1.54) is 11.1 Å². The molecule has 21 heavy (non-hydrogen) atoms. The van der Waals surface area contributed by atoms with Gasteiger partial charge < -0.3 is 14.2 Å². The Kier molecular flexibility index (Phi) is 4.17. The molecule has 0 saturated carbocycles. The van der Waals surface area contributed by atoms with Gasteiger partial charge >= 0.3 is 0 Å². The van der Waals surface area contributed by atoms with Crippen molar-refractivity contribution in [2.75, 3.05) is 34.5 Å². The zero-order valence-electron chi connectivity index (χ0n) is 13.0. The predicted octanol–water partition coefficient (Wildman–Crippen LogP) is 2.28. The zero-order chi connectivity index (χ0) is 14.8. The Morgan fingerprint density at radius 1 is 1.14 bits per heavy atom. The van der Waals surface area contributed by atoms with E-state index in [4.69, 9.17) is 14.2 Å².